The third-order valence-corrected chi connectivity index (χ3v) is 4.58. The van der Waals surface area contributed by atoms with Gasteiger partial charge in [-0.15, -0.1) is 0 Å². The lowest BCUT2D eigenvalue weighted by atomic mass is 9.96. The Bertz CT molecular complexity index is 1020. The van der Waals surface area contributed by atoms with Crippen LogP contribution in [0.3, 0.4) is 0 Å². The average molecular weight is 370 g/mol. The highest BCUT2D eigenvalue weighted by Gasteiger charge is 2.19. The summed E-state index contributed by atoms with van der Waals surface area (Å²) in [5, 5.41) is 0. The van der Waals surface area contributed by atoms with Gasteiger partial charge in [0.25, 0.3) is 0 Å². The molecule has 0 aliphatic heterocycles. The number of esters is 1. The first-order valence-corrected chi connectivity index (χ1v) is 9.16. The van der Waals surface area contributed by atoms with E-state index in [0.717, 1.165) is 16.7 Å². The van der Waals surface area contributed by atoms with Gasteiger partial charge >= 0.3 is 5.97 Å². The van der Waals surface area contributed by atoms with Crippen molar-refractivity contribution in [3.8, 4) is 0 Å². The second-order valence-corrected chi connectivity index (χ2v) is 6.59. The minimum Gasteiger partial charge on any atom is -0.458 e. The van der Waals surface area contributed by atoms with Crippen LogP contribution in [0.15, 0.2) is 78.9 Å². The number of hydrogen-bond acceptors (Lipinski definition) is 3. The van der Waals surface area contributed by atoms with Crippen LogP contribution in [0.1, 0.15) is 43.0 Å². The van der Waals surface area contributed by atoms with Gasteiger partial charge in [0.2, 0.25) is 0 Å². The van der Waals surface area contributed by atoms with E-state index < -0.39 is 5.97 Å². The van der Waals surface area contributed by atoms with Crippen molar-refractivity contribution < 1.29 is 14.3 Å². The molecule has 0 aliphatic rings. The van der Waals surface area contributed by atoms with Crippen molar-refractivity contribution in [2.45, 2.75) is 13.8 Å². The summed E-state index contributed by atoms with van der Waals surface area (Å²) >= 11 is 0. The lowest BCUT2D eigenvalue weighted by molar-refractivity contribution is 0.0547. The molecule has 3 nitrogen and oxygen atoms in total. The molecule has 3 aromatic rings. The molecule has 0 heterocycles. The fourth-order valence-electron chi connectivity index (χ4n) is 2.85. The van der Waals surface area contributed by atoms with Crippen LogP contribution >= 0.6 is 0 Å². The summed E-state index contributed by atoms with van der Waals surface area (Å²) in [5.41, 5.74) is 4.38. The molecule has 0 saturated heterocycles. The third kappa shape index (κ3) is 4.63. The Labute approximate surface area is 165 Å². The molecule has 140 valence electrons. The molecular weight excluding hydrogens is 348 g/mol. The van der Waals surface area contributed by atoms with E-state index in [1.165, 1.54) is 0 Å². The average Bonchev–Trinajstić information content (AvgIpc) is 2.73. The molecule has 0 bridgehead atoms. The van der Waals surface area contributed by atoms with Crippen LogP contribution in [-0.2, 0) is 4.74 Å². The number of aryl methyl sites for hydroxylation is 2. The van der Waals surface area contributed by atoms with Crippen molar-refractivity contribution in [3.63, 3.8) is 0 Å². The van der Waals surface area contributed by atoms with E-state index in [4.69, 9.17) is 4.74 Å². The van der Waals surface area contributed by atoms with Gasteiger partial charge in [-0.1, -0.05) is 66.7 Å². The minimum atomic E-state index is -0.509. The molecule has 0 amide bonds. The molecule has 0 saturated carbocycles. The van der Waals surface area contributed by atoms with E-state index in [-0.39, 0.29) is 18.0 Å². The number of carbonyl (C=O) groups excluding carboxylic acids is 2. The van der Waals surface area contributed by atoms with Gasteiger partial charge in [-0.05, 0) is 48.7 Å². The summed E-state index contributed by atoms with van der Waals surface area (Å²) in [5.74, 6) is -0.694. The molecule has 3 heteroatoms. The predicted octanol–water partition coefficient (Wildman–Crippen LogP) is 5.40. The van der Waals surface area contributed by atoms with Crippen LogP contribution < -0.4 is 0 Å². The molecule has 0 spiro atoms. The molecule has 0 N–H and O–H groups in total. The largest absolute Gasteiger partial charge is 0.458 e. The van der Waals surface area contributed by atoms with E-state index >= 15 is 0 Å². The van der Waals surface area contributed by atoms with Crippen molar-refractivity contribution in [1.29, 1.82) is 0 Å². The van der Waals surface area contributed by atoms with E-state index in [9.17, 15) is 9.59 Å². The normalized spacial score (nSPS) is 10.8. The van der Waals surface area contributed by atoms with Gasteiger partial charge < -0.3 is 4.74 Å². The molecular formula is C25H22O3. The Morgan fingerprint density at radius 3 is 2.21 bits per heavy atom. The number of hydrogen-bond donors (Lipinski definition) is 0. The fourth-order valence-corrected chi connectivity index (χ4v) is 2.85. The van der Waals surface area contributed by atoms with Crippen LogP contribution in [0.4, 0.5) is 0 Å². The smallest absolute Gasteiger partial charge is 0.339 e. The zero-order valence-corrected chi connectivity index (χ0v) is 16.0. The van der Waals surface area contributed by atoms with Crippen molar-refractivity contribution in [2.24, 2.45) is 0 Å². The van der Waals surface area contributed by atoms with Gasteiger partial charge in [-0.3, -0.25) is 4.79 Å². The number of benzene rings is 3. The van der Waals surface area contributed by atoms with Gasteiger partial charge in [0.1, 0.15) is 6.61 Å². The Morgan fingerprint density at radius 1 is 0.821 bits per heavy atom. The Kier molecular flexibility index (Phi) is 6.18. The zero-order valence-electron chi connectivity index (χ0n) is 16.0. The highest BCUT2D eigenvalue weighted by Crippen LogP contribution is 2.18. The summed E-state index contributed by atoms with van der Waals surface area (Å²) in [7, 11) is 0. The van der Waals surface area contributed by atoms with E-state index in [1.54, 1.807) is 36.4 Å². The first-order chi connectivity index (χ1) is 13.6. The second-order valence-electron chi connectivity index (χ2n) is 6.59. The van der Waals surface area contributed by atoms with Crippen molar-refractivity contribution in [2.75, 3.05) is 6.61 Å². The number of rotatable bonds is 6. The van der Waals surface area contributed by atoms with Gasteiger partial charge in [0, 0.05) is 11.1 Å². The summed E-state index contributed by atoms with van der Waals surface area (Å²) in [6.07, 6.45) is 3.67. The first-order valence-electron chi connectivity index (χ1n) is 9.16. The lowest BCUT2D eigenvalue weighted by Gasteiger charge is -2.09. The van der Waals surface area contributed by atoms with Crippen LogP contribution in [0.2, 0.25) is 0 Å². The number of carbonyl (C=O) groups is 2. The topological polar surface area (TPSA) is 43.4 Å². The van der Waals surface area contributed by atoms with E-state index in [0.29, 0.717) is 11.1 Å². The Balaban J connectivity index is 1.74. The van der Waals surface area contributed by atoms with Crippen LogP contribution in [0, 0.1) is 13.8 Å². The molecule has 28 heavy (non-hydrogen) atoms. The highest BCUT2D eigenvalue weighted by atomic mass is 16.5. The maximum absolute atomic E-state index is 12.9. The third-order valence-electron chi connectivity index (χ3n) is 4.58. The molecule has 0 aromatic heterocycles. The number of ether oxygens (including phenoxy) is 1. The maximum Gasteiger partial charge on any atom is 0.339 e. The Morgan fingerprint density at radius 2 is 1.50 bits per heavy atom. The minimum absolute atomic E-state index is 0.139. The maximum atomic E-state index is 12.9. The van der Waals surface area contributed by atoms with Crippen molar-refractivity contribution in [1.82, 2.24) is 0 Å². The molecule has 3 aromatic carbocycles. The summed E-state index contributed by atoms with van der Waals surface area (Å²) in [6, 6.07) is 22.1. The molecule has 0 aliphatic carbocycles. The molecule has 3 rings (SSSR count). The highest BCUT2D eigenvalue weighted by molar-refractivity contribution is 6.14. The van der Waals surface area contributed by atoms with Gasteiger partial charge in [-0.2, -0.15) is 0 Å². The van der Waals surface area contributed by atoms with Crippen LogP contribution in [0.5, 0.6) is 0 Å². The molecule has 0 radical (unpaired) electrons. The van der Waals surface area contributed by atoms with Gasteiger partial charge in [-0.25, -0.2) is 4.79 Å². The van der Waals surface area contributed by atoms with Gasteiger partial charge in [0.05, 0.1) is 5.56 Å². The van der Waals surface area contributed by atoms with Crippen LogP contribution in [0.25, 0.3) is 6.08 Å². The standard InChI is InChI=1S/C25H22O3/c1-18-14-15-21(17-19(18)2)24(26)22-12-6-7-13-23(22)25(27)28-16-8-11-20-9-4-3-5-10-20/h3-15,17H,16H2,1-2H3/b11-8+. The van der Waals surface area contributed by atoms with Crippen LogP contribution in [-0.4, -0.2) is 18.4 Å². The Hall–Kier alpha value is -3.46. The molecule has 0 unspecified atom stereocenters. The first kappa shape index (κ1) is 19.3. The van der Waals surface area contributed by atoms with Crippen molar-refractivity contribution >= 4 is 17.8 Å². The lowest BCUT2D eigenvalue weighted by Crippen LogP contribution is -2.13. The fraction of sp³-hybridized carbons (Fsp3) is 0.120. The monoisotopic (exact) mass is 370 g/mol. The predicted molar refractivity (Wildman–Crippen MR) is 112 cm³/mol. The second kappa shape index (κ2) is 8.96. The quantitative estimate of drug-likeness (QED) is 0.431. The summed E-state index contributed by atoms with van der Waals surface area (Å²) in [4.78, 5) is 25.5. The molecule has 0 atom stereocenters. The summed E-state index contributed by atoms with van der Waals surface area (Å²) in [6.45, 7) is 4.10. The number of ketones is 1. The van der Waals surface area contributed by atoms with E-state index in [1.807, 2.05) is 62.4 Å². The van der Waals surface area contributed by atoms with Crippen molar-refractivity contribution in [3.05, 3.63) is 112 Å². The van der Waals surface area contributed by atoms with Gasteiger partial charge in [0.15, 0.2) is 5.78 Å². The molecule has 0 fully saturated rings. The zero-order chi connectivity index (χ0) is 19.9. The van der Waals surface area contributed by atoms with E-state index in [2.05, 4.69) is 0 Å². The SMILES string of the molecule is Cc1ccc(C(=O)c2ccccc2C(=O)OC/C=C/c2ccccc2)cc1C. The summed E-state index contributed by atoms with van der Waals surface area (Å²) < 4.78 is 5.34.